The molecule has 1 unspecified atom stereocenters. The summed E-state index contributed by atoms with van der Waals surface area (Å²) in [5.74, 6) is 0. The lowest BCUT2D eigenvalue weighted by Crippen LogP contribution is -2.44. The monoisotopic (exact) mass is 397 g/mol. The second-order valence-electron chi connectivity index (χ2n) is 4.12. The molecular weight excluding hydrogens is 386 g/mol. The predicted molar refractivity (Wildman–Crippen MR) is 76.0 cm³/mol. The van der Waals surface area contributed by atoms with E-state index in [9.17, 15) is 8.42 Å². The summed E-state index contributed by atoms with van der Waals surface area (Å²) in [7, 11) is -3.46. The van der Waals surface area contributed by atoms with Crippen LogP contribution in [0.4, 0.5) is 0 Å². The number of hydrogen-bond donors (Lipinski definition) is 0. The molecule has 0 radical (unpaired) electrons. The van der Waals surface area contributed by atoms with Crippen molar-refractivity contribution in [3.05, 3.63) is 27.1 Å². The molecule has 0 aromatic heterocycles. The molecule has 0 amide bonds. The van der Waals surface area contributed by atoms with E-state index in [4.69, 9.17) is 4.74 Å². The van der Waals surface area contributed by atoms with Crippen LogP contribution >= 0.6 is 31.9 Å². The van der Waals surface area contributed by atoms with Crippen molar-refractivity contribution in [2.45, 2.75) is 17.9 Å². The minimum absolute atomic E-state index is 0.0669. The van der Waals surface area contributed by atoms with Crippen LogP contribution in [0.15, 0.2) is 32.0 Å². The molecule has 1 aliphatic rings. The first kappa shape index (κ1) is 14.5. The molecule has 1 fully saturated rings. The van der Waals surface area contributed by atoms with Gasteiger partial charge in [-0.25, -0.2) is 8.42 Å². The Morgan fingerprint density at radius 1 is 1.39 bits per heavy atom. The van der Waals surface area contributed by atoms with Crippen LogP contribution in [0.1, 0.15) is 6.92 Å². The number of rotatable bonds is 2. The van der Waals surface area contributed by atoms with Gasteiger partial charge in [0.05, 0.1) is 17.6 Å². The molecule has 0 saturated carbocycles. The number of benzene rings is 1. The summed E-state index contributed by atoms with van der Waals surface area (Å²) in [5.41, 5.74) is 0. The van der Waals surface area contributed by atoms with Gasteiger partial charge in [-0.1, -0.05) is 15.9 Å². The van der Waals surface area contributed by atoms with Crippen LogP contribution in [0.25, 0.3) is 0 Å². The number of halogens is 2. The number of ether oxygens (including phenoxy) is 1. The maximum absolute atomic E-state index is 12.5. The number of morpholine rings is 1. The normalized spacial score (nSPS) is 22.1. The van der Waals surface area contributed by atoms with Crippen molar-refractivity contribution in [2.24, 2.45) is 0 Å². The number of nitrogens with zero attached hydrogens (tertiary/aromatic N) is 1. The Bertz CT molecular complexity index is 547. The molecule has 1 aromatic carbocycles. The van der Waals surface area contributed by atoms with E-state index in [1.165, 1.54) is 4.31 Å². The predicted octanol–water partition coefficient (Wildman–Crippen LogP) is 2.62. The van der Waals surface area contributed by atoms with Gasteiger partial charge in [-0.2, -0.15) is 4.31 Å². The van der Waals surface area contributed by atoms with E-state index >= 15 is 0 Å². The van der Waals surface area contributed by atoms with Crippen LogP contribution in [0.2, 0.25) is 0 Å². The molecule has 0 aliphatic carbocycles. The first-order valence-corrected chi connectivity index (χ1v) is 8.50. The summed E-state index contributed by atoms with van der Waals surface area (Å²) in [5, 5.41) is 0. The molecule has 18 heavy (non-hydrogen) atoms. The average Bonchev–Trinajstić information content (AvgIpc) is 2.28. The molecule has 1 heterocycles. The standard InChI is InChI=1S/C11H13Br2NO3S/c1-8-7-14(4-5-17-8)18(15,16)11-3-2-9(12)6-10(11)13/h2-3,6,8H,4-5,7H2,1H3. The number of hydrogen-bond acceptors (Lipinski definition) is 3. The van der Waals surface area contributed by atoms with Gasteiger partial charge in [0.25, 0.3) is 0 Å². The van der Waals surface area contributed by atoms with Gasteiger partial charge in [-0.05, 0) is 41.1 Å². The van der Waals surface area contributed by atoms with Crippen molar-refractivity contribution in [1.82, 2.24) is 4.31 Å². The highest BCUT2D eigenvalue weighted by Crippen LogP contribution is 2.28. The second-order valence-corrected chi connectivity index (χ2v) is 7.80. The molecule has 1 aliphatic heterocycles. The van der Waals surface area contributed by atoms with Crippen LogP contribution in [0, 0.1) is 0 Å². The fourth-order valence-electron chi connectivity index (χ4n) is 1.83. The van der Waals surface area contributed by atoms with Crippen molar-refractivity contribution in [3.8, 4) is 0 Å². The van der Waals surface area contributed by atoms with E-state index in [1.54, 1.807) is 18.2 Å². The smallest absolute Gasteiger partial charge is 0.244 e. The molecule has 4 nitrogen and oxygen atoms in total. The van der Waals surface area contributed by atoms with Crippen LogP contribution in [-0.4, -0.2) is 38.5 Å². The largest absolute Gasteiger partial charge is 0.376 e. The van der Waals surface area contributed by atoms with Gasteiger partial charge in [0, 0.05) is 22.0 Å². The van der Waals surface area contributed by atoms with Gasteiger partial charge in [-0.3, -0.25) is 0 Å². The van der Waals surface area contributed by atoms with Crippen molar-refractivity contribution < 1.29 is 13.2 Å². The third kappa shape index (κ3) is 2.96. The maximum Gasteiger partial charge on any atom is 0.244 e. The SMILES string of the molecule is CC1CN(S(=O)(=O)c2ccc(Br)cc2Br)CCO1. The third-order valence-electron chi connectivity index (χ3n) is 2.72. The van der Waals surface area contributed by atoms with Gasteiger partial charge < -0.3 is 4.74 Å². The Balaban J connectivity index is 2.35. The zero-order valence-corrected chi connectivity index (χ0v) is 13.8. The van der Waals surface area contributed by atoms with Crippen LogP contribution in [0.3, 0.4) is 0 Å². The Kier molecular flexibility index (Phi) is 4.48. The summed E-state index contributed by atoms with van der Waals surface area (Å²) >= 11 is 6.61. The first-order chi connectivity index (χ1) is 8.41. The lowest BCUT2D eigenvalue weighted by molar-refractivity contribution is 0.0102. The fraction of sp³-hybridized carbons (Fsp3) is 0.455. The van der Waals surface area contributed by atoms with Gasteiger partial charge >= 0.3 is 0 Å². The molecule has 1 saturated heterocycles. The van der Waals surface area contributed by atoms with Gasteiger partial charge in [-0.15, -0.1) is 0 Å². The van der Waals surface area contributed by atoms with E-state index in [0.29, 0.717) is 29.1 Å². The zero-order chi connectivity index (χ0) is 13.3. The summed E-state index contributed by atoms with van der Waals surface area (Å²) in [6, 6.07) is 5.06. The molecular formula is C11H13Br2NO3S. The fourth-order valence-corrected chi connectivity index (χ4v) is 5.03. The van der Waals surface area contributed by atoms with E-state index in [2.05, 4.69) is 31.9 Å². The molecule has 0 N–H and O–H groups in total. The highest BCUT2D eigenvalue weighted by atomic mass is 79.9. The summed E-state index contributed by atoms with van der Waals surface area (Å²) in [4.78, 5) is 0.291. The van der Waals surface area contributed by atoms with Crippen molar-refractivity contribution in [3.63, 3.8) is 0 Å². The van der Waals surface area contributed by atoms with E-state index in [-0.39, 0.29) is 6.10 Å². The second kappa shape index (κ2) is 5.58. The summed E-state index contributed by atoms with van der Waals surface area (Å²) in [6.45, 7) is 3.10. The molecule has 100 valence electrons. The van der Waals surface area contributed by atoms with Crippen LogP contribution in [-0.2, 0) is 14.8 Å². The Hall–Kier alpha value is 0.0500. The lowest BCUT2D eigenvalue weighted by atomic mass is 10.3. The Labute approximate surface area is 124 Å². The van der Waals surface area contributed by atoms with Crippen molar-refractivity contribution >= 4 is 41.9 Å². The third-order valence-corrected chi connectivity index (χ3v) is 6.05. The molecule has 2 rings (SSSR count). The van der Waals surface area contributed by atoms with Gasteiger partial charge in [0.2, 0.25) is 10.0 Å². The highest BCUT2D eigenvalue weighted by Gasteiger charge is 2.30. The highest BCUT2D eigenvalue weighted by molar-refractivity contribution is 9.11. The lowest BCUT2D eigenvalue weighted by Gasteiger charge is -2.30. The van der Waals surface area contributed by atoms with Crippen LogP contribution < -0.4 is 0 Å². The van der Waals surface area contributed by atoms with E-state index < -0.39 is 10.0 Å². The summed E-state index contributed by atoms with van der Waals surface area (Å²) in [6.07, 6.45) is -0.0669. The Morgan fingerprint density at radius 2 is 2.11 bits per heavy atom. The maximum atomic E-state index is 12.5. The minimum atomic E-state index is -3.46. The first-order valence-electron chi connectivity index (χ1n) is 5.48. The Morgan fingerprint density at radius 3 is 2.72 bits per heavy atom. The topological polar surface area (TPSA) is 46.6 Å². The van der Waals surface area contributed by atoms with E-state index in [1.807, 2.05) is 6.92 Å². The van der Waals surface area contributed by atoms with Gasteiger partial charge in [0.15, 0.2) is 0 Å². The molecule has 0 spiro atoms. The minimum Gasteiger partial charge on any atom is -0.376 e. The van der Waals surface area contributed by atoms with Crippen LogP contribution in [0.5, 0.6) is 0 Å². The quantitative estimate of drug-likeness (QED) is 0.769. The molecule has 7 heteroatoms. The molecule has 0 bridgehead atoms. The van der Waals surface area contributed by atoms with Crippen molar-refractivity contribution in [2.75, 3.05) is 19.7 Å². The van der Waals surface area contributed by atoms with Crippen molar-refractivity contribution in [1.29, 1.82) is 0 Å². The molecule has 1 aromatic rings. The molecule has 1 atom stereocenters. The summed E-state index contributed by atoms with van der Waals surface area (Å²) < 4.78 is 33.2. The van der Waals surface area contributed by atoms with E-state index in [0.717, 1.165) is 4.47 Å². The van der Waals surface area contributed by atoms with Gasteiger partial charge in [0.1, 0.15) is 0 Å². The zero-order valence-electron chi connectivity index (χ0n) is 9.77. The average molecular weight is 399 g/mol. The number of sulfonamides is 1.